The van der Waals surface area contributed by atoms with Gasteiger partial charge in [-0.1, -0.05) is 131 Å². The van der Waals surface area contributed by atoms with Crippen LogP contribution in [0.5, 0.6) is 0 Å². The van der Waals surface area contributed by atoms with Crippen molar-refractivity contribution in [3.8, 4) is 0 Å². The first-order valence-electron chi connectivity index (χ1n) is 11.7. The molecule has 0 saturated carbocycles. The number of hydrogen-bond acceptors (Lipinski definition) is 3. The minimum absolute atomic E-state index is 0.199. The average Bonchev–Trinajstić information content (AvgIpc) is 2.76. The number of nitrogens with zero attached hydrogens (tertiary/aromatic N) is 1. The first-order valence-corrected chi connectivity index (χ1v) is 12.7. The highest BCUT2D eigenvalue weighted by Gasteiger charge is 2.25. The predicted octanol–water partition coefficient (Wildman–Crippen LogP) is 7.65. The summed E-state index contributed by atoms with van der Waals surface area (Å²) in [5.41, 5.74) is 2.32. The highest BCUT2D eigenvalue weighted by atomic mass is 32.2. The molecule has 0 N–H and O–H groups in total. The molecule has 0 amide bonds. The van der Waals surface area contributed by atoms with Gasteiger partial charge in [-0.3, -0.25) is 9.69 Å². The van der Waals surface area contributed by atoms with Gasteiger partial charge in [0.05, 0.1) is 0 Å². The SMILES string of the molecule is CCCCCCCCCCCSC(=O)C(c1ccccc1)N(C)Cc1ccccc1. The summed E-state index contributed by atoms with van der Waals surface area (Å²) in [4.78, 5) is 15.3. The van der Waals surface area contributed by atoms with Gasteiger partial charge in [-0.2, -0.15) is 0 Å². The summed E-state index contributed by atoms with van der Waals surface area (Å²) in [6.45, 7) is 3.03. The van der Waals surface area contributed by atoms with Gasteiger partial charge in [-0.15, -0.1) is 0 Å². The predicted molar refractivity (Wildman–Crippen MR) is 132 cm³/mol. The maximum atomic E-state index is 13.1. The molecular weight excluding hydrogens is 386 g/mol. The highest BCUT2D eigenvalue weighted by Crippen LogP contribution is 2.27. The minimum Gasteiger partial charge on any atom is -0.288 e. The molecule has 0 bridgehead atoms. The Morgan fingerprint density at radius 3 is 1.93 bits per heavy atom. The Hall–Kier alpha value is -1.58. The number of hydrogen-bond donors (Lipinski definition) is 0. The van der Waals surface area contributed by atoms with E-state index in [2.05, 4.69) is 55.3 Å². The monoisotopic (exact) mass is 425 g/mol. The number of unbranched alkanes of at least 4 members (excludes halogenated alkanes) is 8. The molecule has 0 aromatic heterocycles. The Labute approximate surface area is 188 Å². The number of carbonyl (C=O) groups excluding carboxylic acids is 1. The van der Waals surface area contributed by atoms with Gasteiger partial charge in [0.25, 0.3) is 0 Å². The molecular formula is C27H39NOS. The summed E-state index contributed by atoms with van der Waals surface area (Å²) < 4.78 is 0. The van der Waals surface area contributed by atoms with Crippen LogP contribution in [0.2, 0.25) is 0 Å². The van der Waals surface area contributed by atoms with Crippen molar-refractivity contribution < 1.29 is 4.79 Å². The molecule has 164 valence electrons. The van der Waals surface area contributed by atoms with Gasteiger partial charge in [-0.25, -0.2) is 0 Å². The number of thioether (sulfide) groups is 1. The fourth-order valence-corrected chi connectivity index (χ4v) is 4.86. The lowest BCUT2D eigenvalue weighted by Gasteiger charge is -2.27. The normalized spacial score (nSPS) is 12.2. The lowest BCUT2D eigenvalue weighted by Crippen LogP contribution is -2.29. The zero-order valence-electron chi connectivity index (χ0n) is 18.9. The molecule has 2 rings (SSSR count). The maximum Gasteiger partial charge on any atom is 0.210 e. The molecule has 2 nitrogen and oxygen atoms in total. The molecule has 30 heavy (non-hydrogen) atoms. The molecule has 1 atom stereocenters. The van der Waals surface area contributed by atoms with Crippen molar-refractivity contribution in [1.82, 2.24) is 4.90 Å². The Bertz CT molecular complexity index is 689. The summed E-state index contributed by atoms with van der Waals surface area (Å²) >= 11 is 1.51. The van der Waals surface area contributed by atoms with Crippen LogP contribution < -0.4 is 0 Å². The van der Waals surface area contributed by atoms with Gasteiger partial charge in [-0.05, 0) is 24.6 Å². The van der Waals surface area contributed by atoms with Gasteiger partial charge < -0.3 is 0 Å². The first-order chi connectivity index (χ1) is 14.7. The first kappa shape index (κ1) is 24.7. The molecule has 0 heterocycles. The van der Waals surface area contributed by atoms with E-state index in [-0.39, 0.29) is 11.2 Å². The number of rotatable bonds is 15. The van der Waals surface area contributed by atoms with E-state index in [1.165, 1.54) is 68.7 Å². The quantitative estimate of drug-likeness (QED) is 0.273. The second-order valence-electron chi connectivity index (χ2n) is 8.21. The maximum absolute atomic E-state index is 13.1. The summed E-state index contributed by atoms with van der Waals surface area (Å²) in [6, 6.07) is 20.4. The largest absolute Gasteiger partial charge is 0.288 e. The van der Waals surface area contributed by atoms with Crippen molar-refractivity contribution in [1.29, 1.82) is 0 Å². The highest BCUT2D eigenvalue weighted by molar-refractivity contribution is 8.13. The van der Waals surface area contributed by atoms with Gasteiger partial charge in [0, 0.05) is 12.3 Å². The lowest BCUT2D eigenvalue weighted by molar-refractivity contribution is -0.115. The standard InChI is InChI=1S/C27H39NOS/c1-3-4-5-6-7-8-9-10-17-22-30-27(29)26(25-20-15-12-16-21-25)28(2)23-24-18-13-11-14-19-24/h11-16,18-21,26H,3-10,17,22-23H2,1-2H3. The van der Waals surface area contributed by atoms with E-state index >= 15 is 0 Å². The lowest BCUT2D eigenvalue weighted by atomic mass is 10.1. The number of carbonyl (C=O) groups is 1. The third-order valence-electron chi connectivity index (χ3n) is 5.55. The van der Waals surface area contributed by atoms with E-state index in [0.717, 1.165) is 24.3 Å². The topological polar surface area (TPSA) is 20.3 Å². The molecule has 0 saturated heterocycles. The van der Waals surface area contributed by atoms with Gasteiger partial charge in [0.15, 0.2) is 0 Å². The van der Waals surface area contributed by atoms with Crippen molar-refractivity contribution >= 4 is 16.9 Å². The smallest absolute Gasteiger partial charge is 0.210 e. The van der Waals surface area contributed by atoms with E-state index < -0.39 is 0 Å². The van der Waals surface area contributed by atoms with E-state index in [1.807, 2.05) is 24.3 Å². The Balaban J connectivity index is 1.78. The molecule has 0 spiro atoms. The summed E-state index contributed by atoms with van der Waals surface area (Å²) in [5.74, 6) is 0.928. The van der Waals surface area contributed by atoms with Crippen LogP contribution in [0.25, 0.3) is 0 Å². The summed E-state index contributed by atoms with van der Waals surface area (Å²) in [5, 5.41) is 0.263. The molecule has 0 aliphatic heterocycles. The number of likely N-dealkylation sites (N-methyl/N-ethyl adjacent to an activating group) is 1. The van der Waals surface area contributed by atoms with E-state index in [4.69, 9.17) is 0 Å². The second-order valence-corrected chi connectivity index (χ2v) is 9.31. The fourth-order valence-electron chi connectivity index (χ4n) is 3.83. The van der Waals surface area contributed by atoms with Gasteiger partial charge in [0.1, 0.15) is 6.04 Å². The summed E-state index contributed by atoms with van der Waals surface area (Å²) in [6.07, 6.45) is 11.8. The van der Waals surface area contributed by atoms with Crippen LogP contribution in [-0.4, -0.2) is 22.8 Å². The van der Waals surface area contributed by atoms with Crippen LogP contribution in [0.15, 0.2) is 60.7 Å². The molecule has 0 aliphatic rings. The third kappa shape index (κ3) is 9.49. The van der Waals surface area contributed by atoms with Crippen LogP contribution in [0.3, 0.4) is 0 Å². The third-order valence-corrected chi connectivity index (χ3v) is 6.55. The van der Waals surface area contributed by atoms with Crippen molar-refractivity contribution in [3.05, 3.63) is 71.8 Å². The van der Waals surface area contributed by atoms with E-state index in [0.29, 0.717) is 0 Å². The minimum atomic E-state index is -0.199. The molecule has 2 aromatic carbocycles. The van der Waals surface area contributed by atoms with Crippen LogP contribution in [0.4, 0.5) is 0 Å². The van der Waals surface area contributed by atoms with Crippen LogP contribution in [-0.2, 0) is 11.3 Å². The second kappa shape index (κ2) is 15.3. The van der Waals surface area contributed by atoms with Crippen molar-refractivity contribution in [3.63, 3.8) is 0 Å². The summed E-state index contributed by atoms with van der Waals surface area (Å²) in [7, 11) is 2.06. The fraction of sp³-hybridized carbons (Fsp3) is 0.519. The Morgan fingerprint density at radius 2 is 1.33 bits per heavy atom. The Kier molecular flexibility index (Phi) is 12.6. The zero-order valence-corrected chi connectivity index (χ0v) is 19.7. The molecule has 0 fully saturated rings. The van der Waals surface area contributed by atoms with E-state index in [9.17, 15) is 4.79 Å². The van der Waals surface area contributed by atoms with Crippen LogP contribution in [0.1, 0.15) is 81.9 Å². The molecule has 0 aliphatic carbocycles. The molecule has 3 heteroatoms. The van der Waals surface area contributed by atoms with Gasteiger partial charge in [0.2, 0.25) is 5.12 Å². The average molecular weight is 426 g/mol. The number of benzene rings is 2. The van der Waals surface area contributed by atoms with Crippen molar-refractivity contribution in [2.24, 2.45) is 0 Å². The molecule has 1 unspecified atom stereocenters. The van der Waals surface area contributed by atoms with Crippen molar-refractivity contribution in [2.45, 2.75) is 77.3 Å². The Morgan fingerprint density at radius 1 is 0.800 bits per heavy atom. The van der Waals surface area contributed by atoms with Crippen LogP contribution in [0, 0.1) is 0 Å². The van der Waals surface area contributed by atoms with Crippen LogP contribution >= 0.6 is 11.8 Å². The van der Waals surface area contributed by atoms with E-state index in [1.54, 1.807) is 0 Å². The van der Waals surface area contributed by atoms with Crippen molar-refractivity contribution in [2.75, 3.05) is 12.8 Å². The zero-order chi connectivity index (χ0) is 21.4. The molecule has 2 aromatic rings. The van der Waals surface area contributed by atoms with Gasteiger partial charge >= 0.3 is 0 Å². The molecule has 0 radical (unpaired) electrons.